The number of hydrogen-bond acceptors (Lipinski definition) is 4. The molecule has 1 atom stereocenters. The van der Waals surface area contributed by atoms with Crippen LogP contribution >= 0.6 is 11.3 Å². The Morgan fingerprint density at radius 2 is 2.08 bits per heavy atom. The van der Waals surface area contributed by atoms with Crippen LogP contribution < -0.4 is 10.2 Å². The fraction of sp³-hybridized carbons (Fsp3) is 0.500. The van der Waals surface area contributed by atoms with Gasteiger partial charge in [-0.1, -0.05) is 19.9 Å². The second kappa shape index (κ2) is 6.61. The third kappa shape index (κ3) is 3.53. The molecule has 0 aromatic carbocycles. The smallest absolute Gasteiger partial charge is 0.361 e. The van der Waals surface area contributed by atoms with E-state index in [2.05, 4.69) is 21.3 Å². The van der Waals surface area contributed by atoms with Crippen LogP contribution in [-0.2, 0) is 11.6 Å². The first kappa shape index (κ1) is 18.2. The maximum Gasteiger partial charge on any atom is 0.433 e. The third-order valence-electron chi connectivity index (χ3n) is 4.60. The lowest BCUT2D eigenvalue weighted by atomic mass is 9.91. The van der Waals surface area contributed by atoms with Crippen molar-refractivity contribution < 1.29 is 13.2 Å². The van der Waals surface area contributed by atoms with Gasteiger partial charge in [0.15, 0.2) is 0 Å². The van der Waals surface area contributed by atoms with E-state index >= 15 is 0 Å². The van der Waals surface area contributed by atoms with Gasteiger partial charge in [0.05, 0.1) is 17.4 Å². The summed E-state index contributed by atoms with van der Waals surface area (Å²) in [6, 6.07) is 6.91. The highest BCUT2D eigenvalue weighted by atomic mass is 32.1. The molecule has 1 unspecified atom stereocenters. The second-order valence-corrected chi connectivity index (χ2v) is 7.98. The highest BCUT2D eigenvalue weighted by Crippen LogP contribution is 2.46. The first-order valence-corrected chi connectivity index (χ1v) is 9.15. The molecule has 3 heterocycles. The predicted octanol–water partition coefficient (Wildman–Crippen LogP) is 4.61. The Morgan fingerprint density at radius 3 is 2.68 bits per heavy atom. The van der Waals surface area contributed by atoms with Gasteiger partial charge in [0.1, 0.15) is 5.69 Å². The molecular weight excluding hydrogens is 347 g/mol. The van der Waals surface area contributed by atoms with Crippen LogP contribution in [0.15, 0.2) is 29.6 Å². The van der Waals surface area contributed by atoms with E-state index in [1.54, 1.807) is 17.4 Å². The molecule has 1 aliphatic rings. The summed E-state index contributed by atoms with van der Waals surface area (Å²) in [6.07, 6.45) is -3.54. The lowest BCUT2D eigenvalue weighted by molar-refractivity contribution is -0.141. The molecular formula is C18H22F3N3S. The van der Waals surface area contributed by atoms with Gasteiger partial charge < -0.3 is 10.2 Å². The van der Waals surface area contributed by atoms with Crippen LogP contribution in [0.1, 0.15) is 42.6 Å². The number of thiophene rings is 1. The van der Waals surface area contributed by atoms with E-state index in [0.29, 0.717) is 12.2 Å². The summed E-state index contributed by atoms with van der Waals surface area (Å²) in [5, 5.41) is 5.21. The maximum absolute atomic E-state index is 13.1. The molecule has 0 amide bonds. The summed E-state index contributed by atoms with van der Waals surface area (Å²) in [5.41, 5.74) is 0.107. The number of rotatable bonds is 5. The largest absolute Gasteiger partial charge is 0.433 e. The molecule has 1 aliphatic heterocycles. The number of anilines is 1. The summed E-state index contributed by atoms with van der Waals surface area (Å²) >= 11 is 1.68. The maximum atomic E-state index is 13.1. The van der Waals surface area contributed by atoms with E-state index in [4.69, 9.17) is 0 Å². The van der Waals surface area contributed by atoms with Crippen molar-refractivity contribution in [1.82, 2.24) is 10.3 Å². The summed E-state index contributed by atoms with van der Waals surface area (Å²) in [5.74, 6) is 0. The summed E-state index contributed by atoms with van der Waals surface area (Å²) in [6.45, 7) is 5.41. The number of hydrogen-bond donors (Lipinski definition) is 1. The molecule has 3 rings (SSSR count). The first-order valence-electron chi connectivity index (χ1n) is 8.27. The van der Waals surface area contributed by atoms with E-state index < -0.39 is 17.3 Å². The average molecular weight is 369 g/mol. The highest BCUT2D eigenvalue weighted by molar-refractivity contribution is 7.10. The Hall–Kier alpha value is -1.60. The van der Waals surface area contributed by atoms with Crippen molar-refractivity contribution in [3.63, 3.8) is 0 Å². The zero-order valence-corrected chi connectivity index (χ0v) is 15.3. The molecule has 0 radical (unpaired) electrons. The normalized spacial score (nSPS) is 17.6. The Bertz CT molecular complexity index is 726. The zero-order valence-electron chi connectivity index (χ0n) is 14.5. The number of alkyl halides is 3. The summed E-state index contributed by atoms with van der Waals surface area (Å²) in [7, 11) is 1.91. The second-order valence-electron chi connectivity index (χ2n) is 7.00. The number of pyridine rings is 1. The van der Waals surface area contributed by atoms with Crippen LogP contribution in [0.4, 0.5) is 18.9 Å². The van der Waals surface area contributed by atoms with Crippen LogP contribution in [0.3, 0.4) is 0 Å². The molecule has 2 aromatic heterocycles. The van der Waals surface area contributed by atoms with Crippen LogP contribution in [0, 0.1) is 0 Å². The molecule has 25 heavy (non-hydrogen) atoms. The van der Waals surface area contributed by atoms with Gasteiger partial charge in [-0.2, -0.15) is 13.2 Å². The lowest BCUT2D eigenvalue weighted by Gasteiger charge is -2.31. The van der Waals surface area contributed by atoms with E-state index in [1.165, 1.54) is 4.88 Å². The predicted molar refractivity (Wildman–Crippen MR) is 95.2 cm³/mol. The van der Waals surface area contributed by atoms with Gasteiger partial charge >= 0.3 is 6.18 Å². The Labute approximate surface area is 149 Å². The quantitative estimate of drug-likeness (QED) is 0.834. The molecule has 3 nitrogen and oxygen atoms in total. The molecule has 0 spiro atoms. The SMILES string of the molecule is CNCCC(c1cccs1)N1CC(C)(C)c2nc(C(F)(F)F)ccc21. The van der Waals surface area contributed by atoms with Gasteiger partial charge in [0.2, 0.25) is 0 Å². The van der Waals surface area contributed by atoms with Crippen LogP contribution in [-0.4, -0.2) is 25.1 Å². The van der Waals surface area contributed by atoms with Crippen LogP contribution in [0.25, 0.3) is 0 Å². The monoisotopic (exact) mass is 369 g/mol. The zero-order chi connectivity index (χ0) is 18.2. The van der Waals surface area contributed by atoms with Gasteiger partial charge in [-0.15, -0.1) is 11.3 Å². The number of halogens is 3. The standard InChI is InChI=1S/C18H22F3N3S/c1-17(2)11-24(12(8-9-22-3)14-5-4-10-25-14)13-6-7-15(18(19,20)21)23-16(13)17/h4-7,10,12,22H,8-9,11H2,1-3H3. The molecule has 0 saturated carbocycles. The van der Waals surface area contributed by atoms with Gasteiger partial charge in [0.25, 0.3) is 0 Å². The molecule has 0 aliphatic carbocycles. The van der Waals surface area contributed by atoms with E-state index in [1.807, 2.05) is 32.3 Å². The molecule has 0 fully saturated rings. The van der Waals surface area contributed by atoms with E-state index in [0.717, 1.165) is 24.7 Å². The van der Waals surface area contributed by atoms with Crippen molar-refractivity contribution >= 4 is 17.0 Å². The summed E-state index contributed by atoms with van der Waals surface area (Å²) in [4.78, 5) is 7.43. The topological polar surface area (TPSA) is 28.2 Å². The molecule has 0 bridgehead atoms. The number of aromatic nitrogens is 1. The van der Waals surface area contributed by atoms with Crippen molar-refractivity contribution in [2.45, 2.75) is 37.9 Å². The van der Waals surface area contributed by atoms with Crippen molar-refractivity contribution in [3.8, 4) is 0 Å². The van der Waals surface area contributed by atoms with Gasteiger partial charge in [-0.3, -0.25) is 0 Å². The van der Waals surface area contributed by atoms with Gasteiger partial charge in [0, 0.05) is 16.8 Å². The third-order valence-corrected chi connectivity index (χ3v) is 5.57. The molecule has 2 aromatic rings. The number of nitrogens with zero attached hydrogens (tertiary/aromatic N) is 2. The van der Waals surface area contributed by atoms with Crippen molar-refractivity contribution in [1.29, 1.82) is 0 Å². The number of fused-ring (bicyclic) bond motifs is 1. The Kier molecular flexibility index (Phi) is 4.81. The van der Waals surface area contributed by atoms with Crippen molar-refractivity contribution in [2.24, 2.45) is 0 Å². The minimum Gasteiger partial charge on any atom is -0.361 e. The molecule has 0 saturated heterocycles. The first-order chi connectivity index (χ1) is 11.7. The van der Waals surface area contributed by atoms with Gasteiger partial charge in [-0.25, -0.2) is 4.98 Å². The Morgan fingerprint density at radius 1 is 1.32 bits per heavy atom. The fourth-order valence-electron chi connectivity index (χ4n) is 3.42. The minimum atomic E-state index is -4.42. The highest BCUT2D eigenvalue weighted by Gasteiger charge is 2.42. The molecule has 7 heteroatoms. The fourth-order valence-corrected chi connectivity index (χ4v) is 4.29. The average Bonchev–Trinajstić information content (AvgIpc) is 3.14. The van der Waals surface area contributed by atoms with Crippen molar-refractivity contribution in [2.75, 3.05) is 25.0 Å². The van der Waals surface area contributed by atoms with Crippen LogP contribution in [0.2, 0.25) is 0 Å². The van der Waals surface area contributed by atoms with E-state index in [-0.39, 0.29) is 6.04 Å². The number of nitrogens with one attached hydrogen (secondary N) is 1. The minimum absolute atomic E-state index is 0.131. The molecule has 1 N–H and O–H groups in total. The van der Waals surface area contributed by atoms with E-state index in [9.17, 15) is 13.2 Å². The lowest BCUT2D eigenvalue weighted by Crippen LogP contribution is -2.33. The Balaban J connectivity index is 2.02. The van der Waals surface area contributed by atoms with Crippen molar-refractivity contribution in [3.05, 3.63) is 45.9 Å². The molecule has 136 valence electrons. The summed E-state index contributed by atoms with van der Waals surface area (Å²) < 4.78 is 39.2. The van der Waals surface area contributed by atoms with Crippen LogP contribution in [0.5, 0.6) is 0 Å². The van der Waals surface area contributed by atoms with Gasteiger partial charge in [-0.05, 0) is 43.6 Å².